The van der Waals surface area contributed by atoms with Crippen LogP contribution in [0, 0.1) is 0 Å². The fourth-order valence-electron chi connectivity index (χ4n) is 1.83. The second kappa shape index (κ2) is 6.42. The van der Waals surface area contributed by atoms with E-state index < -0.39 is 12.2 Å². The van der Waals surface area contributed by atoms with Crippen LogP contribution in [-0.2, 0) is 14.3 Å². The lowest BCUT2D eigenvalue weighted by molar-refractivity contribution is -0.159. The first-order valence-corrected chi connectivity index (χ1v) is 6.24. The third kappa shape index (κ3) is 3.88. The maximum atomic E-state index is 11.8. The molecule has 0 aromatic carbocycles. The average molecular weight is 239 g/mol. The molecule has 1 fully saturated rings. The van der Waals surface area contributed by atoms with Gasteiger partial charge in [0.25, 0.3) is 0 Å². The third-order valence-electron chi connectivity index (χ3n) is 3.04. The van der Waals surface area contributed by atoms with Crippen LogP contribution in [0.2, 0.25) is 0 Å². The third-order valence-corrected chi connectivity index (χ3v) is 3.04. The molecule has 1 aliphatic heterocycles. The lowest BCUT2D eigenvalue weighted by atomic mass is 10.2. The molecule has 1 heterocycles. The van der Waals surface area contributed by atoms with Crippen LogP contribution in [0.5, 0.6) is 0 Å². The summed E-state index contributed by atoms with van der Waals surface area (Å²) >= 11 is 0. The summed E-state index contributed by atoms with van der Waals surface area (Å²) < 4.78 is 5.24. The molecule has 1 atom stereocenters. The van der Waals surface area contributed by atoms with Gasteiger partial charge in [-0.05, 0) is 26.2 Å². The van der Waals surface area contributed by atoms with Crippen molar-refractivity contribution in [2.45, 2.75) is 52.2 Å². The molecule has 0 aromatic rings. The van der Waals surface area contributed by atoms with E-state index in [0.29, 0.717) is 25.0 Å². The molecule has 1 rings (SSSR count). The van der Waals surface area contributed by atoms with Crippen molar-refractivity contribution < 1.29 is 14.3 Å². The van der Waals surface area contributed by atoms with Crippen molar-refractivity contribution in [3.05, 3.63) is 12.2 Å². The summed E-state index contributed by atoms with van der Waals surface area (Å²) in [4.78, 5) is 25.0. The van der Waals surface area contributed by atoms with Gasteiger partial charge in [-0.1, -0.05) is 19.9 Å². The van der Waals surface area contributed by atoms with E-state index >= 15 is 0 Å². The van der Waals surface area contributed by atoms with Crippen LogP contribution < -0.4 is 0 Å². The summed E-state index contributed by atoms with van der Waals surface area (Å²) in [6, 6.07) is 0. The Labute approximate surface area is 103 Å². The quantitative estimate of drug-likeness (QED) is 0.558. The van der Waals surface area contributed by atoms with Crippen LogP contribution >= 0.6 is 0 Å². The van der Waals surface area contributed by atoms with Gasteiger partial charge in [-0.25, -0.2) is 4.79 Å². The highest BCUT2D eigenvalue weighted by molar-refractivity contribution is 5.88. The van der Waals surface area contributed by atoms with Gasteiger partial charge in [0, 0.05) is 18.5 Å². The molecule has 4 nitrogen and oxygen atoms in total. The molecule has 96 valence electrons. The zero-order valence-corrected chi connectivity index (χ0v) is 10.7. The number of ether oxygens (including phenoxy) is 1. The molecule has 1 aliphatic rings. The molecule has 1 unspecified atom stereocenters. The van der Waals surface area contributed by atoms with Gasteiger partial charge in [0.15, 0.2) is 6.23 Å². The maximum absolute atomic E-state index is 11.8. The summed E-state index contributed by atoms with van der Waals surface area (Å²) in [5.74, 6) is -0.332. The number of hydrogen-bond acceptors (Lipinski definition) is 3. The van der Waals surface area contributed by atoms with Gasteiger partial charge in [-0.2, -0.15) is 0 Å². The fraction of sp³-hybridized carbons (Fsp3) is 0.692. The molecule has 0 aliphatic carbocycles. The number of hydrogen-bond donors (Lipinski definition) is 0. The molecule has 4 heteroatoms. The molecule has 1 amide bonds. The number of esters is 1. The van der Waals surface area contributed by atoms with Crippen LogP contribution in [-0.4, -0.2) is 29.5 Å². The van der Waals surface area contributed by atoms with Crippen LogP contribution in [0.25, 0.3) is 0 Å². The fourth-order valence-corrected chi connectivity index (χ4v) is 1.83. The molecule has 0 N–H and O–H groups in total. The summed E-state index contributed by atoms with van der Waals surface area (Å²) in [6.45, 7) is 7.90. The van der Waals surface area contributed by atoms with E-state index in [4.69, 9.17) is 4.74 Å². The minimum absolute atomic E-state index is 0.0740. The Bertz CT molecular complexity index is 312. The van der Waals surface area contributed by atoms with E-state index in [2.05, 4.69) is 6.58 Å². The van der Waals surface area contributed by atoms with Gasteiger partial charge < -0.3 is 9.64 Å². The molecule has 0 bridgehead atoms. The molecule has 0 radical (unpaired) electrons. The highest BCUT2D eigenvalue weighted by Gasteiger charge is 2.24. The van der Waals surface area contributed by atoms with Crippen molar-refractivity contribution in [2.75, 3.05) is 6.54 Å². The first-order chi connectivity index (χ1) is 8.06. The number of carbonyl (C=O) groups excluding carboxylic acids is 2. The smallest absolute Gasteiger partial charge is 0.335 e. The van der Waals surface area contributed by atoms with Gasteiger partial charge in [0.1, 0.15) is 0 Å². The monoisotopic (exact) mass is 239 g/mol. The van der Waals surface area contributed by atoms with Crippen LogP contribution in [0.1, 0.15) is 46.0 Å². The van der Waals surface area contributed by atoms with E-state index in [0.717, 1.165) is 19.3 Å². The van der Waals surface area contributed by atoms with Crippen molar-refractivity contribution in [3.63, 3.8) is 0 Å². The van der Waals surface area contributed by atoms with E-state index in [-0.39, 0.29) is 5.91 Å². The first-order valence-electron chi connectivity index (χ1n) is 6.24. The van der Waals surface area contributed by atoms with Crippen molar-refractivity contribution in [3.8, 4) is 0 Å². The summed E-state index contributed by atoms with van der Waals surface area (Å²) in [6.07, 6.45) is 3.59. The summed E-state index contributed by atoms with van der Waals surface area (Å²) in [5, 5.41) is 0. The predicted molar refractivity (Wildman–Crippen MR) is 65.2 cm³/mol. The van der Waals surface area contributed by atoms with Crippen LogP contribution in [0.4, 0.5) is 0 Å². The van der Waals surface area contributed by atoms with Crippen molar-refractivity contribution in [1.82, 2.24) is 4.90 Å². The normalized spacial score (nSPS) is 18.5. The second-order valence-electron chi connectivity index (χ2n) is 4.36. The Morgan fingerprint density at radius 2 is 2.18 bits per heavy atom. The summed E-state index contributed by atoms with van der Waals surface area (Å²) in [5.41, 5.74) is 0.444. The van der Waals surface area contributed by atoms with E-state index in [1.165, 1.54) is 0 Å². The molecule has 1 saturated heterocycles. The Morgan fingerprint density at radius 3 is 2.82 bits per heavy atom. The van der Waals surface area contributed by atoms with E-state index in [1.807, 2.05) is 6.92 Å². The minimum Gasteiger partial charge on any atom is -0.438 e. The van der Waals surface area contributed by atoms with Gasteiger partial charge in [-0.15, -0.1) is 0 Å². The molecule has 17 heavy (non-hydrogen) atoms. The number of carbonyl (C=O) groups is 2. The number of amides is 1. The lowest BCUT2D eigenvalue weighted by Crippen LogP contribution is -2.41. The highest BCUT2D eigenvalue weighted by atomic mass is 16.6. The second-order valence-corrected chi connectivity index (χ2v) is 4.36. The van der Waals surface area contributed by atoms with Gasteiger partial charge in [0.2, 0.25) is 5.91 Å². The minimum atomic E-state index is -0.489. The largest absolute Gasteiger partial charge is 0.438 e. The molecular formula is C13H21NO3. The Kier molecular flexibility index (Phi) is 5.19. The topological polar surface area (TPSA) is 46.6 Å². The standard InChI is InChI=1S/C13H21NO3/c1-4-10(2)13(16)17-11(3)14-9-7-5-6-8-12(14)15/h11H,2,4-9H2,1,3H3. The number of nitrogens with zero attached hydrogens (tertiary/aromatic N) is 1. The van der Waals surface area contributed by atoms with E-state index in [9.17, 15) is 9.59 Å². The Balaban J connectivity index is 2.55. The number of likely N-dealkylation sites (tertiary alicyclic amines) is 1. The molecular weight excluding hydrogens is 218 g/mol. The summed E-state index contributed by atoms with van der Waals surface area (Å²) in [7, 11) is 0. The van der Waals surface area contributed by atoms with Crippen molar-refractivity contribution in [1.29, 1.82) is 0 Å². The SMILES string of the molecule is C=C(CC)C(=O)OC(C)N1CCCCCC1=O. The number of rotatable bonds is 4. The van der Waals surface area contributed by atoms with Gasteiger partial charge in [0.05, 0.1) is 0 Å². The zero-order valence-electron chi connectivity index (χ0n) is 10.7. The lowest BCUT2D eigenvalue weighted by Gasteiger charge is -2.27. The predicted octanol–water partition coefficient (Wildman–Crippen LogP) is 2.24. The van der Waals surface area contributed by atoms with E-state index in [1.54, 1.807) is 11.8 Å². The average Bonchev–Trinajstić information content (AvgIpc) is 2.52. The van der Waals surface area contributed by atoms with Crippen LogP contribution in [0.15, 0.2) is 12.2 Å². The first kappa shape index (κ1) is 13.7. The maximum Gasteiger partial charge on any atom is 0.335 e. The molecule has 0 saturated carbocycles. The van der Waals surface area contributed by atoms with Gasteiger partial charge in [-0.3, -0.25) is 4.79 Å². The molecule has 0 aromatic heterocycles. The van der Waals surface area contributed by atoms with Crippen molar-refractivity contribution in [2.24, 2.45) is 0 Å². The Hall–Kier alpha value is -1.32. The molecule has 0 spiro atoms. The highest BCUT2D eigenvalue weighted by Crippen LogP contribution is 2.15. The van der Waals surface area contributed by atoms with Gasteiger partial charge >= 0.3 is 5.97 Å². The van der Waals surface area contributed by atoms with Crippen molar-refractivity contribution >= 4 is 11.9 Å². The Morgan fingerprint density at radius 1 is 1.47 bits per heavy atom. The van der Waals surface area contributed by atoms with Crippen LogP contribution in [0.3, 0.4) is 0 Å². The zero-order chi connectivity index (χ0) is 12.8.